The van der Waals surface area contributed by atoms with Gasteiger partial charge in [-0.2, -0.15) is 0 Å². The second-order valence-corrected chi connectivity index (χ2v) is 9.58. The van der Waals surface area contributed by atoms with Crippen molar-refractivity contribution in [1.29, 1.82) is 0 Å². The van der Waals surface area contributed by atoms with Gasteiger partial charge in [-0.25, -0.2) is 4.98 Å². The van der Waals surface area contributed by atoms with Gasteiger partial charge in [-0.1, -0.05) is 25.6 Å². The molecule has 0 aromatic carbocycles. The first-order valence-electron chi connectivity index (χ1n) is 9.94. The zero-order chi connectivity index (χ0) is 20.1. The highest BCUT2D eigenvalue weighted by atomic mass is 32.2. The van der Waals surface area contributed by atoms with E-state index in [1.807, 2.05) is 0 Å². The number of aryl methyl sites for hydroxylation is 2. The minimum atomic E-state index is -0.0243. The van der Waals surface area contributed by atoms with Gasteiger partial charge in [0.1, 0.15) is 4.83 Å². The lowest BCUT2D eigenvalue weighted by molar-refractivity contribution is -0.118. The molecule has 154 valence electrons. The van der Waals surface area contributed by atoms with Crippen LogP contribution in [-0.4, -0.2) is 41.5 Å². The van der Waals surface area contributed by atoms with Crippen molar-refractivity contribution in [1.82, 2.24) is 14.9 Å². The molecule has 1 aliphatic carbocycles. The van der Waals surface area contributed by atoms with Gasteiger partial charge in [0.15, 0.2) is 5.16 Å². The third-order valence-electron chi connectivity index (χ3n) is 4.94. The Balaban J connectivity index is 1.83. The Bertz CT molecular complexity index is 889. The molecule has 3 rings (SSSR count). The second-order valence-electron chi connectivity index (χ2n) is 7.56. The average Bonchev–Trinajstić information content (AvgIpc) is 3.04. The largest absolute Gasteiger partial charge is 0.383 e. The Labute approximate surface area is 174 Å². The molecule has 2 aromatic rings. The van der Waals surface area contributed by atoms with E-state index in [4.69, 9.17) is 9.72 Å². The van der Waals surface area contributed by atoms with Crippen LogP contribution in [0.15, 0.2) is 9.95 Å². The first-order valence-corrected chi connectivity index (χ1v) is 11.7. The lowest BCUT2D eigenvalue weighted by atomic mass is 9.97. The molecule has 6 nitrogen and oxygen atoms in total. The minimum absolute atomic E-state index is 0.00386. The van der Waals surface area contributed by atoms with E-state index < -0.39 is 0 Å². The molecule has 0 saturated carbocycles. The molecule has 8 heteroatoms. The molecule has 0 aliphatic heterocycles. The summed E-state index contributed by atoms with van der Waals surface area (Å²) in [5.74, 6) is 0.790. The van der Waals surface area contributed by atoms with Crippen molar-refractivity contribution in [2.75, 3.05) is 26.0 Å². The summed E-state index contributed by atoms with van der Waals surface area (Å²) in [6.07, 6.45) is 5.26. The Morgan fingerprint density at radius 2 is 2.14 bits per heavy atom. The molecule has 1 aliphatic rings. The highest BCUT2D eigenvalue weighted by Crippen LogP contribution is 2.34. The number of thioether (sulfide) groups is 1. The number of rotatable bonds is 9. The van der Waals surface area contributed by atoms with Crippen molar-refractivity contribution >= 4 is 39.2 Å². The quantitative estimate of drug-likeness (QED) is 0.495. The number of fused-ring (bicyclic) bond motifs is 3. The highest BCUT2D eigenvalue weighted by molar-refractivity contribution is 7.99. The number of carbonyl (C=O) groups is 1. The van der Waals surface area contributed by atoms with Crippen LogP contribution in [0.5, 0.6) is 0 Å². The Kier molecular flexibility index (Phi) is 7.54. The summed E-state index contributed by atoms with van der Waals surface area (Å²) in [6.45, 7) is 5.83. The van der Waals surface area contributed by atoms with Crippen molar-refractivity contribution < 1.29 is 9.53 Å². The second kappa shape index (κ2) is 9.89. The van der Waals surface area contributed by atoms with Crippen molar-refractivity contribution in [3.05, 3.63) is 20.8 Å². The number of thiophene rings is 1. The standard InChI is InChI=1S/C20H29N3O3S2/c1-13(2)8-9-21-16(24)12-27-20-22-18-17(19(25)23(20)10-11-26-3)14-6-4-5-7-15(14)28-18/h13H,4-12H2,1-3H3,(H,21,24). The Morgan fingerprint density at radius 3 is 2.89 bits per heavy atom. The maximum atomic E-state index is 13.2. The first-order chi connectivity index (χ1) is 13.5. The van der Waals surface area contributed by atoms with Crippen molar-refractivity contribution in [2.24, 2.45) is 5.92 Å². The van der Waals surface area contributed by atoms with Crippen LogP contribution in [0.25, 0.3) is 10.2 Å². The van der Waals surface area contributed by atoms with Gasteiger partial charge in [0.05, 0.1) is 24.3 Å². The summed E-state index contributed by atoms with van der Waals surface area (Å²) < 4.78 is 6.87. The summed E-state index contributed by atoms with van der Waals surface area (Å²) >= 11 is 2.97. The first kappa shape index (κ1) is 21.3. The molecule has 0 unspecified atom stereocenters. The van der Waals surface area contributed by atoms with Crippen LogP contribution < -0.4 is 10.9 Å². The molecule has 28 heavy (non-hydrogen) atoms. The van der Waals surface area contributed by atoms with E-state index >= 15 is 0 Å². The monoisotopic (exact) mass is 423 g/mol. The predicted molar refractivity (Wildman–Crippen MR) is 116 cm³/mol. The summed E-state index contributed by atoms with van der Waals surface area (Å²) in [6, 6.07) is 0. The summed E-state index contributed by atoms with van der Waals surface area (Å²) in [5.41, 5.74) is 1.20. The fraction of sp³-hybridized carbons (Fsp3) is 0.650. The normalized spacial score (nSPS) is 13.9. The van der Waals surface area contributed by atoms with Crippen LogP contribution in [0.3, 0.4) is 0 Å². The number of hydrogen-bond acceptors (Lipinski definition) is 6. The van der Waals surface area contributed by atoms with Crippen LogP contribution in [0.4, 0.5) is 0 Å². The number of aromatic nitrogens is 2. The molecule has 0 fully saturated rings. The summed E-state index contributed by atoms with van der Waals surface area (Å²) in [4.78, 5) is 32.3. The maximum absolute atomic E-state index is 13.2. The maximum Gasteiger partial charge on any atom is 0.263 e. The number of amides is 1. The van der Waals surface area contributed by atoms with Crippen LogP contribution in [0.1, 0.15) is 43.6 Å². The molecular weight excluding hydrogens is 394 g/mol. The highest BCUT2D eigenvalue weighted by Gasteiger charge is 2.22. The van der Waals surface area contributed by atoms with E-state index in [1.165, 1.54) is 28.6 Å². The van der Waals surface area contributed by atoms with Crippen molar-refractivity contribution in [2.45, 2.75) is 57.7 Å². The Hall–Kier alpha value is -1.38. The zero-order valence-corrected chi connectivity index (χ0v) is 18.5. The molecule has 0 radical (unpaired) electrons. The number of ether oxygens (including phenoxy) is 1. The van der Waals surface area contributed by atoms with Crippen LogP contribution in [-0.2, 0) is 28.9 Å². The summed E-state index contributed by atoms with van der Waals surface area (Å²) in [7, 11) is 1.62. The number of carbonyl (C=O) groups excluding carboxylic acids is 1. The van der Waals surface area contributed by atoms with Gasteiger partial charge >= 0.3 is 0 Å². The van der Waals surface area contributed by atoms with Gasteiger partial charge in [-0.05, 0) is 43.6 Å². The lowest BCUT2D eigenvalue weighted by Crippen LogP contribution is -2.29. The van der Waals surface area contributed by atoms with E-state index in [9.17, 15) is 9.59 Å². The fourth-order valence-corrected chi connectivity index (χ4v) is 5.55. The van der Waals surface area contributed by atoms with Gasteiger partial charge < -0.3 is 10.1 Å². The zero-order valence-electron chi connectivity index (χ0n) is 16.9. The average molecular weight is 424 g/mol. The lowest BCUT2D eigenvalue weighted by Gasteiger charge is -2.13. The van der Waals surface area contributed by atoms with Gasteiger partial charge in [0.2, 0.25) is 5.91 Å². The van der Waals surface area contributed by atoms with E-state index in [0.29, 0.717) is 30.8 Å². The third-order valence-corrected chi connectivity index (χ3v) is 7.10. The van der Waals surface area contributed by atoms with Crippen molar-refractivity contribution in [3.8, 4) is 0 Å². The molecule has 0 atom stereocenters. The topological polar surface area (TPSA) is 73.2 Å². The molecular formula is C20H29N3O3S2. The molecule has 1 N–H and O–H groups in total. The minimum Gasteiger partial charge on any atom is -0.383 e. The predicted octanol–water partition coefficient (Wildman–Crippen LogP) is 3.24. The van der Waals surface area contributed by atoms with E-state index in [1.54, 1.807) is 23.0 Å². The van der Waals surface area contributed by atoms with Gasteiger partial charge in [0.25, 0.3) is 5.56 Å². The summed E-state index contributed by atoms with van der Waals surface area (Å²) in [5, 5.41) is 4.32. The molecule has 2 aromatic heterocycles. The van der Waals surface area contributed by atoms with Crippen LogP contribution in [0.2, 0.25) is 0 Å². The molecule has 0 saturated heterocycles. The van der Waals surface area contributed by atoms with E-state index in [2.05, 4.69) is 19.2 Å². The molecule has 0 bridgehead atoms. The third kappa shape index (κ3) is 4.96. The molecule has 2 heterocycles. The van der Waals surface area contributed by atoms with E-state index in [-0.39, 0.29) is 17.2 Å². The van der Waals surface area contributed by atoms with Gasteiger partial charge in [0, 0.05) is 18.5 Å². The SMILES string of the molecule is COCCn1c(SCC(=O)NCCC(C)C)nc2sc3c(c2c1=O)CCCC3. The fourth-order valence-electron chi connectivity index (χ4n) is 3.39. The molecule has 0 spiro atoms. The van der Waals surface area contributed by atoms with Crippen LogP contribution in [0, 0.1) is 5.92 Å². The smallest absolute Gasteiger partial charge is 0.263 e. The van der Waals surface area contributed by atoms with Gasteiger partial charge in [-0.3, -0.25) is 14.2 Å². The number of methoxy groups -OCH3 is 1. The number of nitrogens with zero attached hydrogens (tertiary/aromatic N) is 2. The van der Waals surface area contributed by atoms with Gasteiger partial charge in [-0.15, -0.1) is 11.3 Å². The molecule has 1 amide bonds. The number of hydrogen-bond donors (Lipinski definition) is 1. The van der Waals surface area contributed by atoms with E-state index in [0.717, 1.165) is 35.9 Å². The Morgan fingerprint density at radius 1 is 1.36 bits per heavy atom. The van der Waals surface area contributed by atoms with Crippen LogP contribution >= 0.6 is 23.1 Å². The number of nitrogens with one attached hydrogen (secondary N) is 1. The van der Waals surface area contributed by atoms with Crippen molar-refractivity contribution in [3.63, 3.8) is 0 Å².